The Balaban J connectivity index is 1.50. The van der Waals surface area contributed by atoms with Gasteiger partial charge in [-0.2, -0.15) is 13.2 Å². The van der Waals surface area contributed by atoms with E-state index in [0.717, 1.165) is 29.3 Å². The number of rotatable bonds is 5. The number of likely N-dealkylation sites (tertiary alicyclic amines) is 1. The van der Waals surface area contributed by atoms with Crippen LogP contribution in [0.15, 0.2) is 42.5 Å². The quantitative estimate of drug-likeness (QED) is 0.532. The molecule has 2 aliphatic rings. The Morgan fingerprint density at radius 3 is 2.51 bits per heavy atom. The van der Waals surface area contributed by atoms with Gasteiger partial charge in [0.15, 0.2) is 0 Å². The van der Waals surface area contributed by atoms with Crippen LogP contribution in [0.25, 0.3) is 6.08 Å². The molecule has 0 saturated carbocycles. The number of piperidine rings is 1. The molecule has 1 heterocycles. The summed E-state index contributed by atoms with van der Waals surface area (Å²) >= 11 is 6.54. The van der Waals surface area contributed by atoms with E-state index in [-0.39, 0.29) is 28.9 Å². The minimum atomic E-state index is -4.62. The van der Waals surface area contributed by atoms with Crippen molar-refractivity contribution >= 4 is 29.6 Å². The van der Waals surface area contributed by atoms with Crippen molar-refractivity contribution in [3.8, 4) is 0 Å². The molecule has 0 aromatic heterocycles. The number of carboxylic acids is 1. The van der Waals surface area contributed by atoms with Crippen molar-refractivity contribution in [3.63, 3.8) is 0 Å². The molecular weight excluding hydrogens is 483 g/mol. The molecule has 1 atom stereocenters. The molecule has 0 radical (unpaired) electrons. The number of carbonyl (C=O) groups is 2. The topological polar surface area (TPSA) is 77.8 Å². The standard InChI is InChI=1S/C26H25ClF3NO4/c27-21-3-1-2-19-18(13-23(34)35)14-25(24(19)21)8-10-31(11-9-25)22(33)7-6-17-5-4-16(15-32)12-20(17)26(28,29)30/h1-7,12,18,32H,8-11,13-15H2,(H,34,35)/b7-6+. The predicted octanol–water partition coefficient (Wildman–Crippen LogP) is 5.39. The van der Waals surface area contributed by atoms with Crippen molar-refractivity contribution in [1.82, 2.24) is 4.90 Å². The molecule has 1 fully saturated rings. The van der Waals surface area contributed by atoms with Gasteiger partial charge in [-0.1, -0.05) is 35.9 Å². The van der Waals surface area contributed by atoms with E-state index in [4.69, 9.17) is 16.7 Å². The summed E-state index contributed by atoms with van der Waals surface area (Å²) in [6.45, 7) is 0.272. The summed E-state index contributed by atoms with van der Waals surface area (Å²) in [5, 5.41) is 19.1. The Hall–Kier alpha value is -2.84. The highest BCUT2D eigenvalue weighted by Gasteiger charge is 2.47. The highest BCUT2D eigenvalue weighted by molar-refractivity contribution is 6.31. The van der Waals surface area contributed by atoms with Gasteiger partial charge in [0.2, 0.25) is 5.91 Å². The molecule has 1 unspecified atom stereocenters. The zero-order valence-corrected chi connectivity index (χ0v) is 19.6. The molecule has 5 nitrogen and oxygen atoms in total. The molecular formula is C26H25ClF3NO4. The first-order valence-corrected chi connectivity index (χ1v) is 11.7. The van der Waals surface area contributed by atoms with Crippen LogP contribution in [-0.2, 0) is 27.8 Å². The van der Waals surface area contributed by atoms with Gasteiger partial charge in [0.25, 0.3) is 0 Å². The van der Waals surface area contributed by atoms with Gasteiger partial charge in [-0.05, 0) is 65.6 Å². The SMILES string of the molecule is O=C(O)CC1CC2(CCN(C(=O)/C=C/c3ccc(CO)cc3C(F)(F)F)CC2)c2c(Cl)cccc21. The van der Waals surface area contributed by atoms with Crippen LogP contribution in [0.2, 0.25) is 5.02 Å². The van der Waals surface area contributed by atoms with E-state index in [9.17, 15) is 27.9 Å². The van der Waals surface area contributed by atoms with Crippen LogP contribution in [0.1, 0.15) is 59.4 Å². The molecule has 2 N–H and O–H groups in total. The lowest BCUT2D eigenvalue weighted by Crippen LogP contribution is -2.44. The molecule has 1 aliphatic heterocycles. The molecule has 1 amide bonds. The number of benzene rings is 2. The zero-order chi connectivity index (χ0) is 25.4. The first kappa shape index (κ1) is 25.3. The summed E-state index contributed by atoms with van der Waals surface area (Å²) in [4.78, 5) is 25.8. The van der Waals surface area contributed by atoms with Crippen LogP contribution in [0.3, 0.4) is 0 Å². The molecule has 35 heavy (non-hydrogen) atoms. The zero-order valence-electron chi connectivity index (χ0n) is 18.8. The van der Waals surface area contributed by atoms with Gasteiger partial charge >= 0.3 is 12.1 Å². The number of halogens is 4. The molecule has 1 saturated heterocycles. The number of hydrogen-bond acceptors (Lipinski definition) is 3. The molecule has 9 heteroatoms. The number of carboxylic acid groups (broad SMARTS) is 1. The minimum Gasteiger partial charge on any atom is -0.481 e. The maximum Gasteiger partial charge on any atom is 0.416 e. The summed E-state index contributed by atoms with van der Waals surface area (Å²) in [5.41, 5.74) is 0.674. The van der Waals surface area contributed by atoms with Crippen molar-refractivity contribution in [3.05, 3.63) is 75.3 Å². The van der Waals surface area contributed by atoms with Gasteiger partial charge < -0.3 is 15.1 Å². The molecule has 0 bridgehead atoms. The number of carbonyl (C=O) groups excluding carboxylic acids is 1. The number of aliphatic hydroxyl groups excluding tert-OH is 1. The van der Waals surface area contributed by atoms with Crippen molar-refractivity contribution < 1.29 is 33.0 Å². The number of alkyl halides is 3. The lowest BCUT2D eigenvalue weighted by molar-refractivity contribution is -0.138. The van der Waals surface area contributed by atoms with Crippen LogP contribution in [0.5, 0.6) is 0 Å². The molecule has 1 spiro atoms. The minimum absolute atomic E-state index is 0.0110. The van der Waals surface area contributed by atoms with Gasteiger partial charge in [-0.15, -0.1) is 0 Å². The average molecular weight is 508 g/mol. The summed E-state index contributed by atoms with van der Waals surface area (Å²) in [6, 6.07) is 9.04. The Bertz CT molecular complexity index is 1170. The fourth-order valence-corrected chi connectivity index (χ4v) is 5.87. The molecule has 1 aliphatic carbocycles. The molecule has 2 aromatic carbocycles. The lowest BCUT2D eigenvalue weighted by Gasteiger charge is -2.40. The smallest absolute Gasteiger partial charge is 0.416 e. The third-order valence-corrected chi connectivity index (χ3v) is 7.43. The van der Waals surface area contributed by atoms with Crippen molar-refractivity contribution in [2.24, 2.45) is 0 Å². The maximum atomic E-state index is 13.4. The van der Waals surface area contributed by atoms with Gasteiger partial charge in [-0.25, -0.2) is 0 Å². The highest BCUT2D eigenvalue weighted by Crippen LogP contribution is 2.55. The van der Waals surface area contributed by atoms with E-state index in [1.165, 1.54) is 12.1 Å². The van der Waals surface area contributed by atoms with Crippen LogP contribution in [0, 0.1) is 0 Å². The Kier molecular flexibility index (Phi) is 6.97. The van der Waals surface area contributed by atoms with E-state index < -0.39 is 30.2 Å². The number of nitrogens with zero attached hydrogens (tertiary/aromatic N) is 1. The maximum absolute atomic E-state index is 13.4. The summed E-state index contributed by atoms with van der Waals surface area (Å²) in [5.74, 6) is -1.41. The lowest BCUT2D eigenvalue weighted by atomic mass is 9.73. The largest absolute Gasteiger partial charge is 0.481 e. The number of aliphatic carboxylic acids is 1. The van der Waals surface area contributed by atoms with Crippen molar-refractivity contribution in [2.45, 2.75) is 49.8 Å². The average Bonchev–Trinajstić information content (AvgIpc) is 3.10. The number of hydrogen-bond donors (Lipinski definition) is 2. The summed E-state index contributed by atoms with van der Waals surface area (Å²) < 4.78 is 40.3. The predicted molar refractivity (Wildman–Crippen MR) is 125 cm³/mol. The first-order chi connectivity index (χ1) is 16.5. The Morgan fingerprint density at radius 1 is 1.17 bits per heavy atom. The molecule has 4 rings (SSSR count). The second-order valence-electron chi connectivity index (χ2n) is 9.22. The third-order valence-electron chi connectivity index (χ3n) is 7.12. The fraction of sp³-hybridized carbons (Fsp3) is 0.385. The van der Waals surface area contributed by atoms with E-state index in [0.29, 0.717) is 37.4 Å². The number of amides is 1. The van der Waals surface area contributed by atoms with E-state index in [1.807, 2.05) is 12.1 Å². The van der Waals surface area contributed by atoms with E-state index >= 15 is 0 Å². The van der Waals surface area contributed by atoms with E-state index in [2.05, 4.69) is 0 Å². The first-order valence-electron chi connectivity index (χ1n) is 11.3. The fourth-order valence-electron chi connectivity index (χ4n) is 5.49. The number of fused-ring (bicyclic) bond motifs is 2. The third kappa shape index (κ3) is 5.09. The van der Waals surface area contributed by atoms with Crippen LogP contribution < -0.4 is 0 Å². The molecule has 2 aromatic rings. The van der Waals surface area contributed by atoms with Crippen LogP contribution >= 0.6 is 11.6 Å². The highest BCUT2D eigenvalue weighted by atomic mass is 35.5. The Labute approximate surface area is 205 Å². The second-order valence-corrected chi connectivity index (χ2v) is 9.63. The Morgan fingerprint density at radius 2 is 1.89 bits per heavy atom. The van der Waals surface area contributed by atoms with Crippen molar-refractivity contribution in [1.29, 1.82) is 0 Å². The number of aliphatic hydroxyl groups is 1. The normalized spacial score (nSPS) is 19.3. The second kappa shape index (κ2) is 9.66. The van der Waals surface area contributed by atoms with Gasteiger partial charge in [0.05, 0.1) is 18.6 Å². The van der Waals surface area contributed by atoms with E-state index in [1.54, 1.807) is 11.0 Å². The monoisotopic (exact) mass is 507 g/mol. The summed E-state index contributed by atoms with van der Waals surface area (Å²) in [6.07, 6.45) is -0.478. The van der Waals surface area contributed by atoms with Gasteiger partial charge in [-0.3, -0.25) is 9.59 Å². The van der Waals surface area contributed by atoms with Crippen LogP contribution in [-0.4, -0.2) is 40.1 Å². The summed E-state index contributed by atoms with van der Waals surface area (Å²) in [7, 11) is 0. The van der Waals surface area contributed by atoms with Gasteiger partial charge in [0, 0.05) is 29.6 Å². The van der Waals surface area contributed by atoms with Gasteiger partial charge in [0.1, 0.15) is 0 Å². The van der Waals surface area contributed by atoms with Crippen molar-refractivity contribution in [2.75, 3.05) is 13.1 Å². The molecule has 186 valence electrons. The van der Waals surface area contributed by atoms with Crippen LogP contribution in [0.4, 0.5) is 13.2 Å².